The van der Waals surface area contributed by atoms with E-state index in [4.69, 9.17) is 0 Å². The van der Waals surface area contributed by atoms with Crippen molar-refractivity contribution < 1.29 is 28.4 Å². The number of carbonyl (C=O) groups is 3. The van der Waals surface area contributed by atoms with Crippen molar-refractivity contribution in [2.75, 3.05) is 16.9 Å². The van der Waals surface area contributed by atoms with Crippen LogP contribution in [-0.4, -0.2) is 44.0 Å². The first-order valence-electron chi connectivity index (χ1n) is 14.3. The maximum absolute atomic E-state index is 15.3. The van der Waals surface area contributed by atoms with Gasteiger partial charge in [0.05, 0.1) is 19.2 Å². The maximum Gasteiger partial charge on any atom is 0.316 e. The van der Waals surface area contributed by atoms with Crippen LogP contribution in [0.1, 0.15) is 38.8 Å². The number of H-pyrrole nitrogens is 1. The van der Waals surface area contributed by atoms with Gasteiger partial charge in [-0.2, -0.15) is 0 Å². The van der Waals surface area contributed by atoms with Crippen LogP contribution >= 0.6 is 11.8 Å². The summed E-state index contributed by atoms with van der Waals surface area (Å²) in [5.41, 5.74) is 4.55. The van der Waals surface area contributed by atoms with Crippen LogP contribution in [0.4, 0.5) is 15.9 Å². The second-order valence-electron chi connectivity index (χ2n) is 10.8. The van der Waals surface area contributed by atoms with Crippen LogP contribution in [-0.2, 0) is 24.9 Å². The predicted molar refractivity (Wildman–Crippen MR) is 173 cm³/mol. The molecule has 2 aromatic heterocycles. The van der Waals surface area contributed by atoms with Crippen molar-refractivity contribution in [1.29, 1.82) is 0 Å². The molecule has 4 N–H and O–H groups in total. The number of anilines is 2. The summed E-state index contributed by atoms with van der Waals surface area (Å²) >= 11 is 1.52. The van der Waals surface area contributed by atoms with Crippen molar-refractivity contribution in [2.45, 2.75) is 25.2 Å². The number of hydrogen-bond acceptors (Lipinski definition) is 6. The number of aromatic nitrogens is 3. The Morgan fingerprint density at radius 3 is 2.63 bits per heavy atom. The van der Waals surface area contributed by atoms with Gasteiger partial charge in [0, 0.05) is 47.6 Å². The summed E-state index contributed by atoms with van der Waals surface area (Å²) in [7, 11) is 1.91. The van der Waals surface area contributed by atoms with E-state index >= 15 is 4.39 Å². The average Bonchev–Trinajstić information content (AvgIpc) is 3.54. The van der Waals surface area contributed by atoms with Crippen LogP contribution < -0.4 is 15.2 Å². The number of pyridine rings is 1. The number of rotatable bonds is 8. The van der Waals surface area contributed by atoms with Crippen LogP contribution in [0, 0.1) is 5.82 Å². The summed E-state index contributed by atoms with van der Waals surface area (Å²) in [6.07, 6.45) is 3.55. The van der Waals surface area contributed by atoms with E-state index in [1.165, 1.54) is 29.7 Å². The molecule has 10 nitrogen and oxygen atoms in total. The third-order valence-corrected chi connectivity index (χ3v) is 8.52. The highest BCUT2D eigenvalue weighted by Gasteiger charge is 2.30. The molecule has 0 atom stereocenters. The van der Waals surface area contributed by atoms with E-state index in [0.717, 1.165) is 39.3 Å². The van der Waals surface area contributed by atoms with Gasteiger partial charge in [0.15, 0.2) is 11.4 Å². The molecule has 0 aliphatic carbocycles. The SMILES string of the molecule is CSc1[nH]c(-c2ccnc(NC(C)=O)c2)c(-c2cccc(NC(=O)c3c(F)ccc(O)c3CN3Cc4ccccc4C3=O)c2)[n+]1C. The maximum atomic E-state index is 15.3. The van der Waals surface area contributed by atoms with Crippen molar-refractivity contribution in [2.24, 2.45) is 7.05 Å². The molecule has 0 saturated carbocycles. The summed E-state index contributed by atoms with van der Waals surface area (Å²) in [5.74, 6) is -1.95. The Kier molecular flexibility index (Phi) is 8.29. The molecule has 46 heavy (non-hydrogen) atoms. The molecule has 6 rings (SSSR count). The van der Waals surface area contributed by atoms with Crippen LogP contribution in [0.25, 0.3) is 22.5 Å². The first-order chi connectivity index (χ1) is 22.1. The van der Waals surface area contributed by atoms with Crippen LogP contribution in [0.5, 0.6) is 5.75 Å². The van der Waals surface area contributed by atoms with Crippen molar-refractivity contribution in [3.63, 3.8) is 0 Å². The molecular weight excluding hydrogens is 607 g/mol. The number of thioether (sulfide) groups is 1. The Bertz CT molecular complexity index is 2030. The fraction of sp³-hybridized carbons (Fsp3) is 0.147. The topological polar surface area (TPSA) is 131 Å². The van der Waals surface area contributed by atoms with Gasteiger partial charge < -0.3 is 20.6 Å². The predicted octanol–water partition coefficient (Wildman–Crippen LogP) is 5.50. The van der Waals surface area contributed by atoms with Crippen molar-refractivity contribution in [3.05, 3.63) is 107 Å². The fourth-order valence-corrected chi connectivity index (χ4v) is 6.24. The number of carbonyl (C=O) groups excluding carboxylic acids is 3. The van der Waals surface area contributed by atoms with Gasteiger partial charge in [-0.15, -0.1) is 0 Å². The molecule has 0 unspecified atom stereocenters. The Hall–Kier alpha value is -5.49. The van der Waals surface area contributed by atoms with E-state index in [2.05, 4.69) is 20.6 Å². The first kappa shape index (κ1) is 30.5. The minimum atomic E-state index is -0.817. The standard InChI is InChI=1S/C34H29FN6O4S/c1-19(42)37-28-16-20(13-14-36-28)30-31(40(2)34(39-30)46-3)21-8-6-9-23(15-21)38-32(44)29-25(27(43)12-11-26(29)35)18-41-17-22-7-4-5-10-24(22)33(41)45/h4-16H,17-18H2,1-3H3,(H3,36,37,38,42,43,44)/p+1. The zero-order valence-electron chi connectivity index (χ0n) is 25.2. The molecule has 0 saturated heterocycles. The van der Waals surface area contributed by atoms with Crippen molar-refractivity contribution >= 4 is 41.0 Å². The van der Waals surface area contributed by atoms with E-state index in [-0.39, 0.29) is 41.8 Å². The minimum absolute atomic E-state index is 0.0198. The number of phenolic OH excluding ortho intramolecular Hbond substituents is 1. The van der Waals surface area contributed by atoms with Gasteiger partial charge in [-0.25, -0.2) is 18.9 Å². The van der Waals surface area contributed by atoms with Gasteiger partial charge in [-0.3, -0.25) is 14.4 Å². The number of hydrogen-bond donors (Lipinski definition) is 4. The van der Waals surface area contributed by atoms with Gasteiger partial charge in [0.2, 0.25) is 5.91 Å². The quantitative estimate of drug-likeness (QED) is 0.131. The zero-order chi connectivity index (χ0) is 32.5. The normalized spacial score (nSPS) is 12.3. The third kappa shape index (κ3) is 5.82. The molecule has 12 heteroatoms. The number of aromatic hydroxyl groups is 1. The lowest BCUT2D eigenvalue weighted by atomic mass is 10.0. The second-order valence-corrected chi connectivity index (χ2v) is 11.6. The second kappa shape index (κ2) is 12.5. The molecule has 3 amide bonds. The monoisotopic (exact) mass is 637 g/mol. The molecular formula is C34H30FN6O4S+. The summed E-state index contributed by atoms with van der Waals surface area (Å²) in [6, 6.07) is 20.1. The van der Waals surface area contributed by atoms with Gasteiger partial charge in [0.25, 0.3) is 11.8 Å². The Balaban J connectivity index is 1.32. The molecule has 0 bridgehead atoms. The lowest BCUT2D eigenvalue weighted by Gasteiger charge is -2.19. The Morgan fingerprint density at radius 1 is 1.07 bits per heavy atom. The molecule has 5 aromatic rings. The van der Waals surface area contributed by atoms with Crippen LogP contribution in [0.3, 0.4) is 0 Å². The van der Waals surface area contributed by atoms with E-state index in [1.807, 2.05) is 42.1 Å². The highest BCUT2D eigenvalue weighted by Crippen LogP contribution is 2.34. The van der Waals surface area contributed by atoms with E-state index in [1.54, 1.807) is 42.6 Å². The van der Waals surface area contributed by atoms with Crippen LogP contribution in [0.2, 0.25) is 0 Å². The highest BCUT2D eigenvalue weighted by atomic mass is 32.2. The summed E-state index contributed by atoms with van der Waals surface area (Å²) in [5, 5.41) is 17.1. The lowest BCUT2D eigenvalue weighted by molar-refractivity contribution is -0.697. The number of phenols is 1. The molecule has 1 aliphatic rings. The Morgan fingerprint density at radius 2 is 1.87 bits per heavy atom. The number of benzene rings is 3. The number of nitrogens with zero attached hydrogens (tertiary/aromatic N) is 3. The fourth-order valence-electron chi connectivity index (χ4n) is 5.67. The van der Waals surface area contributed by atoms with Gasteiger partial charge >= 0.3 is 5.16 Å². The molecule has 0 spiro atoms. The highest BCUT2D eigenvalue weighted by molar-refractivity contribution is 7.98. The average molecular weight is 638 g/mol. The largest absolute Gasteiger partial charge is 0.508 e. The molecule has 232 valence electrons. The number of nitrogens with one attached hydrogen (secondary N) is 3. The minimum Gasteiger partial charge on any atom is -0.508 e. The number of fused-ring (bicyclic) bond motifs is 1. The number of imidazole rings is 1. The molecule has 0 fully saturated rings. The van der Waals surface area contributed by atoms with E-state index in [0.29, 0.717) is 17.1 Å². The molecule has 3 heterocycles. The van der Waals surface area contributed by atoms with Gasteiger partial charge in [-0.1, -0.05) is 30.3 Å². The number of aromatic amines is 1. The first-order valence-corrected chi connectivity index (χ1v) is 15.6. The number of halogens is 1. The Labute approximate surface area is 268 Å². The molecule has 0 radical (unpaired) electrons. The number of amides is 3. The third-order valence-electron chi connectivity index (χ3n) is 7.76. The summed E-state index contributed by atoms with van der Waals surface area (Å²) in [4.78, 5) is 47.4. The smallest absolute Gasteiger partial charge is 0.316 e. The van der Waals surface area contributed by atoms with Crippen LogP contribution in [0.15, 0.2) is 84.1 Å². The molecule has 3 aromatic carbocycles. The van der Waals surface area contributed by atoms with Gasteiger partial charge in [-0.05, 0) is 66.0 Å². The molecule has 1 aliphatic heterocycles. The van der Waals surface area contributed by atoms with E-state index < -0.39 is 11.7 Å². The zero-order valence-corrected chi connectivity index (χ0v) is 26.0. The lowest BCUT2D eigenvalue weighted by Crippen LogP contribution is -2.31. The van der Waals surface area contributed by atoms with E-state index in [9.17, 15) is 19.5 Å². The van der Waals surface area contributed by atoms with Gasteiger partial charge in [0.1, 0.15) is 17.4 Å². The van der Waals surface area contributed by atoms with Crippen molar-refractivity contribution in [3.8, 4) is 28.3 Å². The summed E-state index contributed by atoms with van der Waals surface area (Å²) in [6.45, 7) is 1.55. The summed E-state index contributed by atoms with van der Waals surface area (Å²) < 4.78 is 17.3. The van der Waals surface area contributed by atoms with Crippen molar-refractivity contribution in [1.82, 2.24) is 14.9 Å².